The molecule has 0 saturated carbocycles. The normalized spacial score (nSPS) is 15.8. The van der Waals surface area contributed by atoms with E-state index in [2.05, 4.69) is 79.7 Å². The predicted molar refractivity (Wildman–Crippen MR) is 80.2 cm³/mol. The predicted octanol–water partition coefficient (Wildman–Crippen LogP) is 5.92. The molecule has 17 heavy (non-hydrogen) atoms. The smallest absolute Gasteiger partial charge is 0.0135 e. The van der Waals surface area contributed by atoms with Crippen LogP contribution in [0.15, 0.2) is 35.5 Å². The molecule has 0 aromatic rings. The summed E-state index contributed by atoms with van der Waals surface area (Å²) in [5, 5.41) is 0. The number of allylic oxidation sites excluding steroid dienone is 6. The van der Waals surface area contributed by atoms with Gasteiger partial charge in [-0.15, -0.1) is 0 Å². The zero-order chi connectivity index (χ0) is 13.7. The van der Waals surface area contributed by atoms with Crippen molar-refractivity contribution in [1.29, 1.82) is 0 Å². The van der Waals surface area contributed by atoms with Gasteiger partial charge < -0.3 is 0 Å². The Bertz CT molecular complexity index is 311. The summed E-state index contributed by atoms with van der Waals surface area (Å²) >= 11 is 0. The van der Waals surface area contributed by atoms with Crippen molar-refractivity contribution in [2.45, 2.75) is 61.8 Å². The molecule has 0 aliphatic rings. The second kappa shape index (κ2) is 6.23. The first kappa shape index (κ1) is 16.2. The van der Waals surface area contributed by atoms with Crippen molar-refractivity contribution in [1.82, 2.24) is 0 Å². The van der Waals surface area contributed by atoms with Gasteiger partial charge in [-0.2, -0.15) is 0 Å². The zero-order valence-corrected chi connectivity index (χ0v) is 13.0. The van der Waals surface area contributed by atoms with Gasteiger partial charge in [0.25, 0.3) is 0 Å². The monoisotopic (exact) mass is 234 g/mol. The summed E-state index contributed by atoms with van der Waals surface area (Å²) in [5.41, 5.74) is 3.35. The lowest BCUT2D eigenvalue weighted by molar-refractivity contribution is 0.489. The number of hydrogen-bond acceptors (Lipinski definition) is 0. The second-order valence-electron chi connectivity index (χ2n) is 6.79. The standard InChI is InChI=1S/C17H30/c1-9-10-11-12-15(17(6,7)8)13-14(2)16(3,4)5/h9-10,12-13H,11H2,1-8H3/b10-9+,14-13+,15-12+. The maximum atomic E-state index is 2.36. The molecule has 0 N–H and O–H groups in total. The Morgan fingerprint density at radius 1 is 0.941 bits per heavy atom. The molecule has 0 aliphatic carbocycles. The van der Waals surface area contributed by atoms with Crippen molar-refractivity contribution in [3.05, 3.63) is 35.5 Å². The van der Waals surface area contributed by atoms with Gasteiger partial charge in [-0.1, -0.05) is 71.4 Å². The van der Waals surface area contributed by atoms with E-state index < -0.39 is 0 Å². The first-order valence-corrected chi connectivity index (χ1v) is 6.59. The highest BCUT2D eigenvalue weighted by Gasteiger charge is 2.18. The molecular formula is C17H30. The molecule has 0 saturated heterocycles. The van der Waals surface area contributed by atoms with Crippen molar-refractivity contribution in [2.24, 2.45) is 10.8 Å². The molecule has 0 bridgehead atoms. The highest BCUT2D eigenvalue weighted by atomic mass is 14.2. The van der Waals surface area contributed by atoms with Crippen molar-refractivity contribution < 1.29 is 0 Å². The van der Waals surface area contributed by atoms with Crippen LogP contribution < -0.4 is 0 Å². The molecule has 0 aliphatic heterocycles. The van der Waals surface area contributed by atoms with Crippen LogP contribution >= 0.6 is 0 Å². The van der Waals surface area contributed by atoms with E-state index in [-0.39, 0.29) is 10.8 Å². The van der Waals surface area contributed by atoms with Gasteiger partial charge in [-0.25, -0.2) is 0 Å². The van der Waals surface area contributed by atoms with E-state index >= 15 is 0 Å². The second-order valence-corrected chi connectivity index (χ2v) is 6.79. The van der Waals surface area contributed by atoms with Crippen LogP contribution in [0, 0.1) is 10.8 Å². The first-order valence-electron chi connectivity index (χ1n) is 6.59. The molecule has 0 radical (unpaired) electrons. The average Bonchev–Trinajstić information content (AvgIpc) is 2.13. The van der Waals surface area contributed by atoms with Crippen LogP contribution in [0.4, 0.5) is 0 Å². The first-order chi connectivity index (χ1) is 7.59. The van der Waals surface area contributed by atoms with Crippen LogP contribution in [-0.4, -0.2) is 0 Å². The van der Waals surface area contributed by atoms with Gasteiger partial charge in [0, 0.05) is 0 Å². The van der Waals surface area contributed by atoms with Crippen molar-refractivity contribution >= 4 is 0 Å². The van der Waals surface area contributed by atoms with E-state index in [1.165, 1.54) is 11.1 Å². The molecule has 0 aromatic carbocycles. The van der Waals surface area contributed by atoms with Crippen molar-refractivity contribution in [2.75, 3.05) is 0 Å². The van der Waals surface area contributed by atoms with Crippen molar-refractivity contribution in [3.63, 3.8) is 0 Å². The lowest BCUT2D eigenvalue weighted by Gasteiger charge is -2.25. The van der Waals surface area contributed by atoms with E-state index in [0.29, 0.717) is 0 Å². The maximum absolute atomic E-state index is 2.36. The fourth-order valence-corrected chi connectivity index (χ4v) is 1.36. The van der Waals surface area contributed by atoms with Crippen LogP contribution in [0.3, 0.4) is 0 Å². The summed E-state index contributed by atoms with van der Waals surface area (Å²) in [7, 11) is 0. The summed E-state index contributed by atoms with van der Waals surface area (Å²) in [4.78, 5) is 0. The fraction of sp³-hybridized carbons (Fsp3) is 0.647. The Labute approximate surface area is 109 Å². The minimum Gasteiger partial charge on any atom is -0.0914 e. The lowest BCUT2D eigenvalue weighted by Crippen LogP contribution is -2.12. The quantitative estimate of drug-likeness (QED) is 0.420. The van der Waals surface area contributed by atoms with Gasteiger partial charge in [0.15, 0.2) is 0 Å². The molecule has 98 valence electrons. The van der Waals surface area contributed by atoms with E-state index in [0.717, 1.165) is 6.42 Å². The molecule has 0 spiro atoms. The van der Waals surface area contributed by atoms with Crippen LogP contribution in [0.25, 0.3) is 0 Å². The van der Waals surface area contributed by atoms with Crippen LogP contribution in [0.1, 0.15) is 61.8 Å². The molecule has 0 heterocycles. The highest BCUT2D eigenvalue weighted by molar-refractivity contribution is 5.30. The van der Waals surface area contributed by atoms with Gasteiger partial charge in [0.2, 0.25) is 0 Å². The molecule has 0 atom stereocenters. The van der Waals surface area contributed by atoms with Crippen LogP contribution in [0.5, 0.6) is 0 Å². The summed E-state index contributed by atoms with van der Waals surface area (Å²) in [6, 6.07) is 0. The largest absolute Gasteiger partial charge is 0.0914 e. The van der Waals surface area contributed by atoms with E-state index in [1.54, 1.807) is 0 Å². The number of hydrogen-bond donors (Lipinski definition) is 0. The van der Waals surface area contributed by atoms with E-state index in [1.807, 2.05) is 0 Å². The molecule has 0 nitrogen and oxygen atoms in total. The SMILES string of the molecule is C/C=C/C/C=C(\C=C(/C)C(C)(C)C)C(C)(C)C. The molecular weight excluding hydrogens is 204 g/mol. The van der Waals surface area contributed by atoms with Gasteiger partial charge in [0.1, 0.15) is 0 Å². The Kier molecular flexibility index (Phi) is 5.95. The molecule has 0 amide bonds. The minimum atomic E-state index is 0.216. The Morgan fingerprint density at radius 2 is 1.47 bits per heavy atom. The molecule has 0 aromatic heterocycles. The highest BCUT2D eigenvalue weighted by Crippen LogP contribution is 2.32. The average molecular weight is 234 g/mol. The third kappa shape index (κ3) is 6.51. The fourth-order valence-electron chi connectivity index (χ4n) is 1.36. The summed E-state index contributed by atoms with van der Waals surface area (Å²) < 4.78 is 0. The van der Waals surface area contributed by atoms with E-state index in [4.69, 9.17) is 0 Å². The van der Waals surface area contributed by atoms with E-state index in [9.17, 15) is 0 Å². The topological polar surface area (TPSA) is 0 Å². The van der Waals surface area contributed by atoms with Gasteiger partial charge in [-0.05, 0) is 36.7 Å². The molecule has 0 unspecified atom stereocenters. The minimum absolute atomic E-state index is 0.216. The van der Waals surface area contributed by atoms with Crippen LogP contribution in [0.2, 0.25) is 0 Å². The van der Waals surface area contributed by atoms with Crippen LogP contribution in [-0.2, 0) is 0 Å². The van der Waals surface area contributed by atoms with Crippen molar-refractivity contribution in [3.8, 4) is 0 Å². The molecule has 0 fully saturated rings. The molecule has 0 heteroatoms. The summed E-state index contributed by atoms with van der Waals surface area (Å²) in [6.45, 7) is 17.9. The lowest BCUT2D eigenvalue weighted by atomic mass is 9.80. The van der Waals surface area contributed by atoms with Gasteiger partial charge >= 0.3 is 0 Å². The Hall–Kier alpha value is -0.780. The number of rotatable bonds is 3. The van der Waals surface area contributed by atoms with Gasteiger partial charge in [-0.3, -0.25) is 0 Å². The Morgan fingerprint density at radius 3 is 1.82 bits per heavy atom. The van der Waals surface area contributed by atoms with Gasteiger partial charge in [0.05, 0.1) is 0 Å². The third-order valence-electron chi connectivity index (χ3n) is 3.13. The zero-order valence-electron chi connectivity index (χ0n) is 13.0. The summed E-state index contributed by atoms with van der Waals surface area (Å²) in [5.74, 6) is 0. The third-order valence-corrected chi connectivity index (χ3v) is 3.13. The maximum Gasteiger partial charge on any atom is -0.0135 e. The molecule has 0 rings (SSSR count). The Balaban J connectivity index is 5.17. The summed E-state index contributed by atoms with van der Waals surface area (Å²) in [6.07, 6.45) is 10.0.